The highest BCUT2D eigenvalue weighted by Gasteiger charge is 2.21. The largest absolute Gasteiger partial charge is 0.454 e. The number of hydrogen-bond donors (Lipinski definition) is 1. The second kappa shape index (κ2) is 7.01. The Morgan fingerprint density at radius 1 is 0.786 bits per heavy atom. The van der Waals surface area contributed by atoms with E-state index in [9.17, 15) is 0 Å². The third kappa shape index (κ3) is 2.97. The maximum atomic E-state index is 6.54. The van der Waals surface area contributed by atoms with E-state index in [1.165, 1.54) is 59.6 Å². The van der Waals surface area contributed by atoms with Crippen molar-refractivity contribution in [2.75, 3.05) is 5.32 Å². The van der Waals surface area contributed by atoms with E-state index in [-0.39, 0.29) is 0 Å². The maximum Gasteiger partial charge on any atom is 0.158 e. The van der Waals surface area contributed by atoms with Gasteiger partial charge in [-0.2, -0.15) is 0 Å². The van der Waals surface area contributed by atoms with E-state index < -0.39 is 0 Å². The van der Waals surface area contributed by atoms with Gasteiger partial charge in [0, 0.05) is 16.5 Å². The molecule has 1 aliphatic carbocycles. The fourth-order valence-corrected chi connectivity index (χ4v) is 4.77. The molecule has 2 nitrogen and oxygen atoms in total. The molecule has 0 aliphatic heterocycles. The van der Waals surface area contributed by atoms with Crippen LogP contribution in [-0.2, 0) is 0 Å². The molecule has 0 bridgehead atoms. The number of rotatable bonds is 3. The van der Waals surface area contributed by atoms with Gasteiger partial charge in [-0.3, -0.25) is 0 Å². The van der Waals surface area contributed by atoms with Crippen molar-refractivity contribution in [3.05, 3.63) is 71.3 Å². The highest BCUT2D eigenvalue weighted by atomic mass is 16.3. The van der Waals surface area contributed by atoms with Crippen LogP contribution in [0.2, 0.25) is 0 Å². The summed E-state index contributed by atoms with van der Waals surface area (Å²) in [6, 6.07) is 19.6. The van der Waals surface area contributed by atoms with Crippen LogP contribution in [0, 0.1) is 13.8 Å². The third-order valence-electron chi connectivity index (χ3n) is 6.25. The Morgan fingerprint density at radius 2 is 1.54 bits per heavy atom. The third-order valence-corrected chi connectivity index (χ3v) is 6.25. The second-order valence-electron chi connectivity index (χ2n) is 8.29. The molecule has 1 saturated carbocycles. The van der Waals surface area contributed by atoms with Crippen LogP contribution in [0.15, 0.2) is 59.0 Å². The minimum Gasteiger partial charge on any atom is -0.454 e. The molecule has 0 spiro atoms. The molecule has 1 N–H and O–H groups in total. The lowest BCUT2D eigenvalue weighted by Gasteiger charge is -2.21. The lowest BCUT2D eigenvalue weighted by Crippen LogP contribution is -2.04. The number of fused-ring (bicyclic) bond motifs is 3. The fraction of sp³-hybridized carbons (Fsp3) is 0.308. The summed E-state index contributed by atoms with van der Waals surface area (Å²) in [5.41, 5.74) is 8.13. The summed E-state index contributed by atoms with van der Waals surface area (Å²) in [4.78, 5) is 0. The van der Waals surface area contributed by atoms with E-state index in [4.69, 9.17) is 4.42 Å². The number of hydrogen-bond acceptors (Lipinski definition) is 2. The van der Waals surface area contributed by atoms with Gasteiger partial charge in [-0.05, 0) is 55.9 Å². The van der Waals surface area contributed by atoms with E-state index in [0.29, 0.717) is 5.92 Å². The first kappa shape index (κ1) is 17.4. The van der Waals surface area contributed by atoms with Crippen LogP contribution in [0.3, 0.4) is 0 Å². The molecule has 1 aliphatic rings. The van der Waals surface area contributed by atoms with E-state index in [2.05, 4.69) is 73.8 Å². The summed E-state index contributed by atoms with van der Waals surface area (Å²) in [7, 11) is 0. The van der Waals surface area contributed by atoms with Gasteiger partial charge in [-0.1, -0.05) is 67.3 Å². The summed E-state index contributed by atoms with van der Waals surface area (Å²) in [6.07, 6.45) is 6.60. The van der Waals surface area contributed by atoms with Gasteiger partial charge in [0.05, 0.1) is 5.69 Å². The Labute approximate surface area is 166 Å². The Balaban J connectivity index is 1.63. The smallest absolute Gasteiger partial charge is 0.158 e. The predicted molar refractivity (Wildman–Crippen MR) is 119 cm³/mol. The minimum atomic E-state index is 0.633. The highest BCUT2D eigenvalue weighted by Crippen LogP contribution is 2.41. The van der Waals surface area contributed by atoms with Crippen LogP contribution < -0.4 is 5.32 Å². The summed E-state index contributed by atoms with van der Waals surface area (Å²) in [5.74, 6) is 0.633. The number of benzene rings is 3. The predicted octanol–water partition coefficient (Wildman–Crippen LogP) is 7.99. The fourth-order valence-electron chi connectivity index (χ4n) is 4.77. The first-order valence-electron chi connectivity index (χ1n) is 10.5. The van der Waals surface area contributed by atoms with E-state index >= 15 is 0 Å². The van der Waals surface area contributed by atoms with Crippen molar-refractivity contribution in [1.29, 1.82) is 0 Å². The average Bonchev–Trinajstić information content (AvgIpc) is 3.10. The van der Waals surface area contributed by atoms with E-state index in [0.717, 1.165) is 22.5 Å². The molecule has 0 saturated heterocycles. The Kier molecular flexibility index (Phi) is 4.35. The van der Waals surface area contributed by atoms with Crippen LogP contribution in [0.4, 0.5) is 11.4 Å². The lowest BCUT2D eigenvalue weighted by molar-refractivity contribution is 0.442. The van der Waals surface area contributed by atoms with Gasteiger partial charge in [0.25, 0.3) is 0 Å². The maximum absolute atomic E-state index is 6.54. The molecular formula is C26H27NO. The number of nitrogens with one attached hydrogen (secondary N) is 1. The molecule has 2 heteroatoms. The monoisotopic (exact) mass is 369 g/mol. The van der Waals surface area contributed by atoms with Crippen molar-refractivity contribution in [1.82, 2.24) is 0 Å². The first-order chi connectivity index (χ1) is 13.7. The molecule has 0 atom stereocenters. The van der Waals surface area contributed by atoms with Crippen molar-refractivity contribution in [3.8, 4) is 0 Å². The van der Waals surface area contributed by atoms with E-state index in [1.54, 1.807) is 0 Å². The van der Waals surface area contributed by atoms with Gasteiger partial charge in [-0.15, -0.1) is 0 Å². The first-order valence-corrected chi connectivity index (χ1v) is 10.5. The van der Waals surface area contributed by atoms with Gasteiger partial charge >= 0.3 is 0 Å². The number of anilines is 2. The molecule has 0 radical (unpaired) electrons. The SMILES string of the molecule is Cc1ccc(Nc2cccc3c2oc2c(C4CCCCC4)cccc23)c(C)c1. The number of aryl methyl sites for hydroxylation is 2. The quantitative estimate of drug-likeness (QED) is 0.396. The second-order valence-corrected chi connectivity index (χ2v) is 8.29. The van der Waals surface area contributed by atoms with Crippen molar-refractivity contribution in [2.45, 2.75) is 51.9 Å². The van der Waals surface area contributed by atoms with Crippen molar-refractivity contribution in [3.63, 3.8) is 0 Å². The molecular weight excluding hydrogens is 342 g/mol. The Morgan fingerprint density at radius 3 is 2.32 bits per heavy atom. The summed E-state index contributed by atoms with van der Waals surface area (Å²) < 4.78 is 6.54. The van der Waals surface area contributed by atoms with Crippen LogP contribution in [0.1, 0.15) is 54.7 Å². The highest BCUT2D eigenvalue weighted by molar-refractivity contribution is 6.10. The Hall–Kier alpha value is -2.74. The van der Waals surface area contributed by atoms with Gasteiger partial charge in [-0.25, -0.2) is 0 Å². The van der Waals surface area contributed by atoms with Crippen molar-refractivity contribution < 1.29 is 4.42 Å². The zero-order valence-corrected chi connectivity index (χ0v) is 16.7. The molecule has 28 heavy (non-hydrogen) atoms. The van der Waals surface area contributed by atoms with Gasteiger partial charge in [0.1, 0.15) is 5.58 Å². The van der Waals surface area contributed by atoms with Crippen LogP contribution >= 0.6 is 0 Å². The topological polar surface area (TPSA) is 25.2 Å². The molecule has 1 heterocycles. The molecule has 0 unspecified atom stereocenters. The van der Waals surface area contributed by atoms with Gasteiger partial charge < -0.3 is 9.73 Å². The normalized spacial score (nSPS) is 15.4. The zero-order chi connectivity index (χ0) is 19.1. The molecule has 1 aromatic heterocycles. The van der Waals surface area contributed by atoms with Crippen LogP contribution in [0.25, 0.3) is 21.9 Å². The van der Waals surface area contributed by atoms with Crippen molar-refractivity contribution in [2.24, 2.45) is 0 Å². The van der Waals surface area contributed by atoms with Crippen molar-refractivity contribution >= 4 is 33.3 Å². The number of para-hydroxylation sites is 2. The zero-order valence-electron chi connectivity index (χ0n) is 16.7. The molecule has 3 aromatic carbocycles. The van der Waals surface area contributed by atoms with Crippen LogP contribution in [-0.4, -0.2) is 0 Å². The minimum absolute atomic E-state index is 0.633. The summed E-state index contributed by atoms with van der Waals surface area (Å²) in [5, 5.41) is 6.04. The summed E-state index contributed by atoms with van der Waals surface area (Å²) >= 11 is 0. The standard InChI is InChI=1S/C26H27NO/c1-17-14-15-23(18(2)16-17)27-24-13-7-12-22-21-11-6-10-20(25(21)28-26(22)24)19-8-4-3-5-9-19/h6-7,10-16,19,27H,3-5,8-9H2,1-2H3. The molecule has 5 rings (SSSR count). The molecule has 4 aromatic rings. The molecule has 1 fully saturated rings. The average molecular weight is 370 g/mol. The van der Waals surface area contributed by atoms with Gasteiger partial charge in [0.15, 0.2) is 5.58 Å². The lowest BCUT2D eigenvalue weighted by atomic mass is 9.83. The summed E-state index contributed by atoms with van der Waals surface area (Å²) in [6.45, 7) is 4.28. The molecule has 0 amide bonds. The Bertz CT molecular complexity index is 1150. The number of furan rings is 1. The van der Waals surface area contributed by atoms with E-state index in [1.807, 2.05) is 0 Å². The van der Waals surface area contributed by atoms with Gasteiger partial charge in [0.2, 0.25) is 0 Å². The molecule has 142 valence electrons. The van der Waals surface area contributed by atoms with Crippen LogP contribution in [0.5, 0.6) is 0 Å².